The molecule has 2 aliphatic heterocycles. The number of carbonyl (C=O) groups is 1. The van der Waals surface area contributed by atoms with E-state index in [0.29, 0.717) is 17.0 Å². The van der Waals surface area contributed by atoms with E-state index in [-0.39, 0.29) is 0 Å². The summed E-state index contributed by atoms with van der Waals surface area (Å²) < 4.78 is 0. The minimum Gasteiger partial charge on any atom is -0.354 e. The average Bonchev–Trinajstić information content (AvgIpc) is 3.94. The third-order valence-electron chi connectivity index (χ3n) is 10.2. The number of carbonyl (C=O) groups excluding carboxylic acids is 1. The summed E-state index contributed by atoms with van der Waals surface area (Å²) in [5.74, 6) is 0. The first-order valence-electron chi connectivity index (χ1n) is 17.6. The van der Waals surface area contributed by atoms with Gasteiger partial charge in [-0.05, 0) is 135 Å². The summed E-state index contributed by atoms with van der Waals surface area (Å²) in [5.41, 5.74) is 21.8. The summed E-state index contributed by atoms with van der Waals surface area (Å²) in [6, 6.07) is 26.2. The van der Waals surface area contributed by atoms with Crippen molar-refractivity contribution in [1.29, 1.82) is 0 Å². The Kier molecular flexibility index (Phi) is 8.51. The third kappa shape index (κ3) is 5.77. The van der Waals surface area contributed by atoms with Gasteiger partial charge in [-0.15, -0.1) is 0 Å². The first-order valence-corrected chi connectivity index (χ1v) is 18.7. The predicted molar refractivity (Wildman–Crippen MR) is 222 cm³/mol. The minimum absolute atomic E-state index is 0.458. The van der Waals surface area contributed by atoms with E-state index in [2.05, 4.69) is 140 Å². The predicted octanol–water partition coefficient (Wildman–Crippen LogP) is 12.2. The Labute approximate surface area is 312 Å². The summed E-state index contributed by atoms with van der Waals surface area (Å²) in [5, 5.41) is 0.787. The number of halogens is 1. The highest BCUT2D eigenvalue weighted by atomic mass is 79.9. The standard InChI is InChI=1S/C46H39BrN4O/c1-25-19-27(3)42(28(4)20-25)45-38-13-11-34(48-38)33(24-52)35-12-14-39(49-35)46(43-29(5)21-26(2)22-30(43)6)41-18-16-37(51-41)44(36-15-17-40(45)50-36)32-9-7-31(23-47)8-10-32/h7-22,24,50-51H,23H2,1-6H3. The third-order valence-corrected chi connectivity index (χ3v) is 10.8. The summed E-state index contributed by atoms with van der Waals surface area (Å²) in [7, 11) is 0. The number of hydrogen-bond donors (Lipinski definition) is 2. The fraction of sp³-hybridized carbons (Fsp3) is 0.152. The van der Waals surface area contributed by atoms with Gasteiger partial charge in [0.2, 0.25) is 0 Å². The fourth-order valence-electron chi connectivity index (χ4n) is 8.10. The molecule has 5 nitrogen and oxygen atoms in total. The average molecular weight is 744 g/mol. The van der Waals surface area contributed by atoms with E-state index in [1.807, 2.05) is 24.3 Å². The van der Waals surface area contributed by atoms with Crippen LogP contribution < -0.4 is 0 Å². The quantitative estimate of drug-likeness (QED) is 0.136. The normalized spacial score (nSPS) is 12.1. The molecule has 0 atom stereocenters. The topological polar surface area (TPSA) is 74.4 Å². The molecule has 0 fully saturated rings. The Morgan fingerprint density at radius 1 is 0.519 bits per heavy atom. The van der Waals surface area contributed by atoms with Gasteiger partial charge in [0.25, 0.3) is 0 Å². The number of aldehydes is 1. The molecule has 8 rings (SSSR count). The molecule has 0 amide bonds. The molecule has 256 valence electrons. The highest BCUT2D eigenvalue weighted by molar-refractivity contribution is 9.08. The maximum atomic E-state index is 12.9. The van der Waals surface area contributed by atoms with Crippen molar-refractivity contribution in [2.45, 2.75) is 46.9 Å². The number of nitrogens with one attached hydrogen (secondary N) is 2. The number of rotatable bonds is 5. The Morgan fingerprint density at radius 3 is 1.29 bits per heavy atom. The molecule has 52 heavy (non-hydrogen) atoms. The van der Waals surface area contributed by atoms with Gasteiger partial charge in [0.05, 0.1) is 28.3 Å². The first kappa shape index (κ1) is 33.5. The van der Waals surface area contributed by atoms with Gasteiger partial charge in [0, 0.05) is 44.1 Å². The molecule has 0 saturated carbocycles. The number of hydrogen-bond acceptors (Lipinski definition) is 3. The summed E-state index contributed by atoms with van der Waals surface area (Å²) in [6.07, 6.45) is 8.80. The van der Waals surface area contributed by atoms with Crippen LogP contribution in [0.5, 0.6) is 0 Å². The number of aromatic amines is 2. The fourth-order valence-corrected chi connectivity index (χ4v) is 8.47. The largest absolute Gasteiger partial charge is 0.354 e. The molecule has 2 N–H and O–H groups in total. The van der Waals surface area contributed by atoms with Gasteiger partial charge in [-0.25, -0.2) is 9.97 Å². The second-order valence-corrected chi connectivity index (χ2v) is 14.6. The smallest absolute Gasteiger partial charge is 0.154 e. The van der Waals surface area contributed by atoms with Gasteiger partial charge in [0.15, 0.2) is 6.29 Å². The van der Waals surface area contributed by atoms with Crippen molar-refractivity contribution in [3.63, 3.8) is 0 Å². The highest BCUT2D eigenvalue weighted by Crippen LogP contribution is 2.39. The lowest BCUT2D eigenvalue weighted by Gasteiger charge is -2.13. The first-order chi connectivity index (χ1) is 25.1. The van der Waals surface area contributed by atoms with Crippen LogP contribution in [-0.2, 0) is 5.33 Å². The van der Waals surface area contributed by atoms with Crippen LogP contribution in [0.3, 0.4) is 0 Å². The van der Waals surface area contributed by atoms with E-state index in [0.717, 1.165) is 101 Å². The number of alkyl halides is 1. The molecule has 8 bridgehead atoms. The van der Waals surface area contributed by atoms with E-state index in [1.165, 1.54) is 16.7 Å². The maximum absolute atomic E-state index is 12.9. The SMILES string of the molecule is Cc1cc(C)c(-c2c3nc(c(C=O)c4nc(c(-c5c(C)cc(C)cc5C)c5ccc([nH]5)c(-c5ccc(CBr)cc5)c5ccc2[nH]5)C=C4)C=C3)c(C)c1. The minimum atomic E-state index is 0.458. The molecule has 2 aliphatic rings. The van der Waals surface area contributed by atoms with E-state index >= 15 is 0 Å². The van der Waals surface area contributed by atoms with Crippen LogP contribution in [-0.4, -0.2) is 26.2 Å². The number of H-pyrrole nitrogens is 2. The zero-order chi connectivity index (χ0) is 36.3. The number of fused-ring (bicyclic) bond motifs is 8. The maximum Gasteiger partial charge on any atom is 0.154 e. The Bertz CT molecular complexity index is 2490. The number of aryl methyl sites for hydroxylation is 6. The van der Waals surface area contributed by atoms with Gasteiger partial charge in [0.1, 0.15) is 0 Å². The van der Waals surface area contributed by atoms with Gasteiger partial charge < -0.3 is 9.97 Å². The van der Waals surface area contributed by atoms with E-state index in [9.17, 15) is 4.79 Å². The monoisotopic (exact) mass is 742 g/mol. The summed E-state index contributed by atoms with van der Waals surface area (Å²) in [4.78, 5) is 30.9. The van der Waals surface area contributed by atoms with Crippen LogP contribution in [0.1, 0.15) is 72.1 Å². The van der Waals surface area contributed by atoms with Gasteiger partial charge in [-0.1, -0.05) is 75.6 Å². The van der Waals surface area contributed by atoms with Gasteiger partial charge in [-0.3, -0.25) is 4.79 Å². The van der Waals surface area contributed by atoms with Crippen LogP contribution in [0.2, 0.25) is 0 Å². The summed E-state index contributed by atoms with van der Waals surface area (Å²) >= 11 is 3.62. The lowest BCUT2D eigenvalue weighted by Crippen LogP contribution is -1.96. The summed E-state index contributed by atoms with van der Waals surface area (Å²) in [6.45, 7) is 12.9. The van der Waals surface area contributed by atoms with Crippen LogP contribution in [0.15, 0.2) is 72.8 Å². The van der Waals surface area contributed by atoms with Crippen LogP contribution in [0.25, 0.3) is 79.8 Å². The number of nitrogens with zero attached hydrogens (tertiary/aromatic N) is 2. The van der Waals surface area contributed by atoms with Crippen LogP contribution in [0.4, 0.5) is 0 Å². The van der Waals surface area contributed by atoms with E-state index in [1.54, 1.807) is 0 Å². The molecular weight excluding hydrogens is 704 g/mol. The van der Waals surface area contributed by atoms with Crippen molar-refractivity contribution in [1.82, 2.24) is 19.9 Å². The number of aromatic nitrogens is 4. The molecule has 0 unspecified atom stereocenters. The number of benzene rings is 3. The Hall–Kier alpha value is -5.59. The molecule has 0 saturated heterocycles. The van der Waals surface area contributed by atoms with Crippen LogP contribution in [0, 0.1) is 41.5 Å². The molecule has 6 aromatic rings. The Balaban J connectivity index is 1.58. The van der Waals surface area contributed by atoms with Crippen molar-refractivity contribution < 1.29 is 4.79 Å². The molecule has 3 aromatic carbocycles. The second-order valence-electron chi connectivity index (χ2n) is 14.0. The van der Waals surface area contributed by atoms with Crippen molar-refractivity contribution in [2.24, 2.45) is 0 Å². The van der Waals surface area contributed by atoms with Gasteiger partial charge >= 0.3 is 0 Å². The Morgan fingerprint density at radius 2 is 0.904 bits per heavy atom. The van der Waals surface area contributed by atoms with E-state index in [4.69, 9.17) is 9.97 Å². The van der Waals surface area contributed by atoms with Crippen molar-refractivity contribution in [2.75, 3.05) is 0 Å². The van der Waals surface area contributed by atoms with Crippen molar-refractivity contribution >= 4 is 68.6 Å². The molecular formula is C46H39BrN4O. The molecule has 0 radical (unpaired) electrons. The van der Waals surface area contributed by atoms with E-state index < -0.39 is 0 Å². The highest BCUT2D eigenvalue weighted by Gasteiger charge is 2.21. The molecule has 0 spiro atoms. The zero-order valence-electron chi connectivity index (χ0n) is 30.2. The van der Waals surface area contributed by atoms with Gasteiger partial charge in [-0.2, -0.15) is 0 Å². The lowest BCUT2D eigenvalue weighted by molar-refractivity contribution is 0.112. The molecule has 3 aromatic heterocycles. The molecule has 5 heterocycles. The van der Waals surface area contributed by atoms with Crippen molar-refractivity contribution in [3.05, 3.63) is 140 Å². The zero-order valence-corrected chi connectivity index (χ0v) is 31.8. The second kappa shape index (κ2) is 13.2. The van der Waals surface area contributed by atoms with Crippen LogP contribution >= 0.6 is 15.9 Å². The molecule has 0 aliphatic carbocycles. The van der Waals surface area contributed by atoms with Crippen molar-refractivity contribution in [3.8, 4) is 33.4 Å². The lowest BCUT2D eigenvalue weighted by atomic mass is 9.92. The molecule has 6 heteroatoms.